The van der Waals surface area contributed by atoms with Gasteiger partial charge in [-0.05, 0) is 35.1 Å². The van der Waals surface area contributed by atoms with E-state index in [2.05, 4.69) is 17.4 Å². The monoisotopic (exact) mass is 477 g/mol. The lowest BCUT2D eigenvalue weighted by molar-refractivity contribution is -0.155. The lowest BCUT2D eigenvalue weighted by atomic mass is 9.98. The van der Waals surface area contributed by atoms with Crippen molar-refractivity contribution in [2.45, 2.75) is 37.3 Å². The highest BCUT2D eigenvalue weighted by atomic mass is 16.5. The van der Waals surface area contributed by atoms with Crippen molar-refractivity contribution < 1.29 is 29.0 Å². The number of carbonyl (C=O) groups is 3. The summed E-state index contributed by atoms with van der Waals surface area (Å²) in [7, 11) is 0. The number of unbranched alkanes of at least 4 members (excludes halogenated alkanes) is 1. The van der Waals surface area contributed by atoms with Crippen LogP contribution in [0, 0.1) is 11.3 Å². The van der Waals surface area contributed by atoms with Gasteiger partial charge in [0.2, 0.25) is 5.91 Å². The Labute approximate surface area is 203 Å². The van der Waals surface area contributed by atoms with Crippen LogP contribution in [0.2, 0.25) is 0 Å². The summed E-state index contributed by atoms with van der Waals surface area (Å²) in [5.41, 5.74) is 4.44. The van der Waals surface area contributed by atoms with Gasteiger partial charge >= 0.3 is 12.1 Å². The molecule has 1 aliphatic heterocycles. The van der Waals surface area contributed by atoms with Gasteiger partial charge < -0.3 is 24.8 Å². The average molecular weight is 478 g/mol. The van der Waals surface area contributed by atoms with Gasteiger partial charge in [-0.25, -0.2) is 9.59 Å². The van der Waals surface area contributed by atoms with Gasteiger partial charge in [0.1, 0.15) is 19.3 Å². The first kappa shape index (κ1) is 24.2. The van der Waals surface area contributed by atoms with E-state index < -0.39 is 24.7 Å². The Morgan fingerprint density at radius 1 is 1.09 bits per heavy atom. The number of amides is 2. The average Bonchev–Trinajstić information content (AvgIpc) is 3.14. The molecule has 0 bridgehead atoms. The summed E-state index contributed by atoms with van der Waals surface area (Å²) < 4.78 is 10.8. The maximum Gasteiger partial charge on any atom is 0.407 e. The summed E-state index contributed by atoms with van der Waals surface area (Å²) in [4.78, 5) is 37.8. The fourth-order valence-corrected chi connectivity index (χ4v) is 4.56. The molecular formula is C26H27N3O6. The van der Waals surface area contributed by atoms with Crippen LogP contribution in [-0.4, -0.2) is 66.4 Å². The number of aliphatic carboxylic acids is 1. The van der Waals surface area contributed by atoms with Crippen LogP contribution in [0.25, 0.3) is 11.1 Å². The number of nitriles is 1. The largest absolute Gasteiger partial charge is 0.480 e. The van der Waals surface area contributed by atoms with Gasteiger partial charge in [-0.2, -0.15) is 5.26 Å². The Morgan fingerprint density at radius 3 is 2.31 bits per heavy atom. The molecule has 1 unspecified atom stereocenters. The number of fused-ring (bicyclic) bond motifs is 3. The molecule has 2 aromatic carbocycles. The predicted octanol–water partition coefficient (Wildman–Crippen LogP) is 2.90. The number of likely N-dealkylation sites (tertiary alicyclic amines) is 1. The van der Waals surface area contributed by atoms with Crippen molar-refractivity contribution in [3.8, 4) is 17.2 Å². The molecule has 0 radical (unpaired) electrons. The van der Waals surface area contributed by atoms with E-state index in [1.807, 2.05) is 42.5 Å². The van der Waals surface area contributed by atoms with Gasteiger partial charge in [-0.15, -0.1) is 0 Å². The first-order valence-electron chi connectivity index (χ1n) is 11.6. The number of hydrogen-bond acceptors (Lipinski definition) is 6. The summed E-state index contributed by atoms with van der Waals surface area (Å²) >= 11 is 0. The van der Waals surface area contributed by atoms with E-state index in [1.54, 1.807) is 0 Å². The molecule has 35 heavy (non-hydrogen) atoms. The molecule has 182 valence electrons. The first-order chi connectivity index (χ1) is 17.0. The quantitative estimate of drug-likeness (QED) is 0.504. The lowest BCUT2D eigenvalue weighted by Crippen LogP contribution is -2.60. The summed E-state index contributed by atoms with van der Waals surface area (Å²) in [6, 6.07) is 17.3. The maximum atomic E-state index is 12.9. The number of hydrogen-bond donors (Lipinski definition) is 2. The van der Waals surface area contributed by atoms with E-state index in [1.165, 1.54) is 4.90 Å². The van der Waals surface area contributed by atoms with Crippen molar-refractivity contribution >= 4 is 18.0 Å². The standard InChI is InChI=1S/C26H27N3O6/c27-12-6-5-11-23(25(32)29-13-17(14-29)34-16-24(30)31)28-26(33)35-15-22-20-9-3-1-7-18(20)19-8-2-4-10-21(19)22/h1-4,7-10,17,22-23H,5-6,11,13-16H2,(H,28,33)(H,30,31). The highest BCUT2D eigenvalue weighted by molar-refractivity contribution is 5.86. The molecule has 1 fully saturated rings. The van der Waals surface area contributed by atoms with Crippen LogP contribution in [0.5, 0.6) is 0 Å². The minimum atomic E-state index is -1.07. The molecule has 2 aliphatic rings. The van der Waals surface area contributed by atoms with Gasteiger partial charge in [-0.1, -0.05) is 48.5 Å². The van der Waals surface area contributed by atoms with E-state index in [-0.39, 0.29) is 44.0 Å². The summed E-state index contributed by atoms with van der Waals surface area (Å²) in [5, 5.41) is 20.2. The fraction of sp³-hybridized carbons (Fsp3) is 0.385. The van der Waals surface area contributed by atoms with Crippen molar-refractivity contribution in [1.82, 2.24) is 10.2 Å². The number of nitrogens with zero attached hydrogens (tertiary/aromatic N) is 2. The number of alkyl carbamates (subject to hydrolysis) is 1. The second-order valence-corrected chi connectivity index (χ2v) is 8.64. The number of nitrogens with one attached hydrogen (secondary N) is 1. The second kappa shape index (κ2) is 11.0. The van der Waals surface area contributed by atoms with E-state index >= 15 is 0 Å². The minimum absolute atomic E-state index is 0.0941. The third-order valence-corrected chi connectivity index (χ3v) is 6.32. The zero-order valence-electron chi connectivity index (χ0n) is 19.2. The molecule has 2 aromatic rings. The summed E-state index contributed by atoms with van der Waals surface area (Å²) in [5.74, 6) is -1.46. The van der Waals surface area contributed by atoms with Crippen LogP contribution in [0.15, 0.2) is 48.5 Å². The number of carboxylic acids is 1. The number of benzene rings is 2. The Hall–Kier alpha value is -3.90. The van der Waals surface area contributed by atoms with E-state index in [0.29, 0.717) is 12.8 Å². The molecule has 9 nitrogen and oxygen atoms in total. The zero-order chi connectivity index (χ0) is 24.8. The maximum absolute atomic E-state index is 12.9. The van der Waals surface area contributed by atoms with Gasteiger partial charge in [0.05, 0.1) is 12.2 Å². The third-order valence-electron chi connectivity index (χ3n) is 6.32. The third kappa shape index (κ3) is 5.61. The Morgan fingerprint density at radius 2 is 1.71 bits per heavy atom. The Balaban J connectivity index is 1.35. The number of carbonyl (C=O) groups excluding carboxylic acids is 2. The molecule has 0 aromatic heterocycles. The van der Waals surface area contributed by atoms with Crippen molar-refractivity contribution in [3.05, 3.63) is 59.7 Å². The van der Waals surface area contributed by atoms with Crippen molar-refractivity contribution in [2.24, 2.45) is 0 Å². The van der Waals surface area contributed by atoms with Gasteiger partial charge in [0.15, 0.2) is 0 Å². The molecule has 0 saturated carbocycles. The molecule has 1 heterocycles. The SMILES string of the molecule is N#CCCCC(NC(=O)OCC1c2ccccc2-c2ccccc21)C(=O)N1CC(OCC(=O)O)C1. The summed E-state index contributed by atoms with van der Waals surface area (Å²) in [6.07, 6.45) is -0.0250. The van der Waals surface area contributed by atoms with Gasteiger partial charge in [-0.3, -0.25) is 4.79 Å². The highest BCUT2D eigenvalue weighted by Crippen LogP contribution is 2.44. The molecule has 2 N–H and O–H groups in total. The van der Waals surface area contributed by atoms with Crippen LogP contribution in [0.3, 0.4) is 0 Å². The Kier molecular flexibility index (Phi) is 7.63. The van der Waals surface area contributed by atoms with E-state index in [9.17, 15) is 14.4 Å². The second-order valence-electron chi connectivity index (χ2n) is 8.64. The minimum Gasteiger partial charge on any atom is -0.480 e. The smallest absolute Gasteiger partial charge is 0.407 e. The molecule has 1 atom stereocenters. The Bertz CT molecular complexity index is 1090. The first-order valence-corrected chi connectivity index (χ1v) is 11.6. The van der Waals surface area contributed by atoms with Crippen molar-refractivity contribution in [3.63, 3.8) is 0 Å². The molecule has 2 amide bonds. The lowest BCUT2D eigenvalue weighted by Gasteiger charge is -2.40. The number of ether oxygens (including phenoxy) is 2. The van der Waals surface area contributed by atoms with E-state index in [4.69, 9.17) is 19.8 Å². The van der Waals surface area contributed by atoms with Crippen LogP contribution in [-0.2, 0) is 19.1 Å². The molecule has 1 aliphatic carbocycles. The van der Waals surface area contributed by atoms with Crippen LogP contribution < -0.4 is 5.32 Å². The van der Waals surface area contributed by atoms with Crippen LogP contribution >= 0.6 is 0 Å². The molecule has 9 heteroatoms. The molecule has 0 spiro atoms. The number of carboxylic acid groups (broad SMARTS) is 1. The normalized spacial score (nSPS) is 15.3. The highest BCUT2D eigenvalue weighted by Gasteiger charge is 2.36. The number of rotatable bonds is 10. The van der Waals surface area contributed by atoms with Crippen molar-refractivity contribution in [1.29, 1.82) is 5.26 Å². The predicted molar refractivity (Wildman–Crippen MR) is 125 cm³/mol. The molecule has 1 saturated heterocycles. The zero-order valence-corrected chi connectivity index (χ0v) is 19.2. The molecular weight excluding hydrogens is 450 g/mol. The fourth-order valence-electron chi connectivity index (χ4n) is 4.56. The topological polar surface area (TPSA) is 129 Å². The van der Waals surface area contributed by atoms with Crippen LogP contribution in [0.1, 0.15) is 36.3 Å². The molecule has 4 rings (SSSR count). The van der Waals surface area contributed by atoms with Crippen LogP contribution in [0.4, 0.5) is 4.79 Å². The van der Waals surface area contributed by atoms with Gasteiger partial charge in [0, 0.05) is 25.4 Å². The van der Waals surface area contributed by atoms with Gasteiger partial charge in [0.25, 0.3) is 0 Å². The van der Waals surface area contributed by atoms with Crippen molar-refractivity contribution in [2.75, 3.05) is 26.3 Å². The summed E-state index contributed by atoms with van der Waals surface area (Å²) in [6.45, 7) is 0.227. The van der Waals surface area contributed by atoms with E-state index in [0.717, 1.165) is 22.3 Å².